The van der Waals surface area contributed by atoms with Gasteiger partial charge in [-0.2, -0.15) is 0 Å². The summed E-state index contributed by atoms with van der Waals surface area (Å²) in [4.78, 5) is 0.992. The Labute approximate surface area is 101 Å². The van der Waals surface area contributed by atoms with Gasteiger partial charge in [0.25, 0.3) is 0 Å². The van der Waals surface area contributed by atoms with Gasteiger partial charge in [0, 0.05) is 8.45 Å². The first-order chi connectivity index (χ1) is 6.77. The molecule has 0 aliphatic heterocycles. The summed E-state index contributed by atoms with van der Waals surface area (Å²) < 4.78 is 1.18. The van der Waals surface area contributed by atoms with Crippen molar-refractivity contribution in [2.45, 2.75) is 6.10 Å². The molecule has 2 rings (SSSR count). The predicted octanol–water partition coefficient (Wildman–Crippen LogP) is 3.43. The number of hydrogen-bond acceptors (Lipinski definition) is 2. The summed E-state index contributed by atoms with van der Waals surface area (Å²) in [6, 6.07) is 11.8. The normalized spacial score (nSPS) is 12.7. The van der Waals surface area contributed by atoms with Gasteiger partial charge in [-0.15, -0.1) is 11.3 Å². The molecule has 0 bridgehead atoms. The lowest BCUT2D eigenvalue weighted by Gasteiger charge is -2.08. The van der Waals surface area contributed by atoms with Crippen LogP contribution in [0.25, 0.3) is 0 Å². The molecule has 0 spiro atoms. The Balaban J connectivity index is 2.28. The number of halogens is 1. The number of hydrogen-bond donors (Lipinski definition) is 1. The van der Waals surface area contributed by atoms with Gasteiger partial charge in [-0.3, -0.25) is 0 Å². The first-order valence-corrected chi connectivity index (χ1v) is 6.20. The van der Waals surface area contributed by atoms with Gasteiger partial charge in [0.15, 0.2) is 0 Å². The van der Waals surface area contributed by atoms with Gasteiger partial charge >= 0.3 is 0 Å². The van der Waals surface area contributed by atoms with Crippen LogP contribution >= 0.6 is 33.9 Å². The molecule has 0 fully saturated rings. The molecule has 1 heterocycles. The van der Waals surface area contributed by atoms with Crippen molar-refractivity contribution in [1.29, 1.82) is 0 Å². The minimum absolute atomic E-state index is 0.480. The molecule has 1 atom stereocenters. The molecule has 1 aromatic heterocycles. The molecular weight excluding hydrogens is 307 g/mol. The second-order valence-electron chi connectivity index (χ2n) is 2.97. The van der Waals surface area contributed by atoms with E-state index in [0.29, 0.717) is 0 Å². The molecule has 72 valence electrons. The van der Waals surface area contributed by atoms with Crippen LogP contribution in [0.1, 0.15) is 16.5 Å². The van der Waals surface area contributed by atoms with Crippen molar-refractivity contribution in [3.8, 4) is 0 Å². The fraction of sp³-hybridized carbons (Fsp3) is 0.0909. The van der Waals surface area contributed by atoms with Crippen molar-refractivity contribution < 1.29 is 5.11 Å². The standard InChI is InChI=1S/C11H9IOS/c12-9-5-3-8(4-6-9)11(13)10-2-1-7-14-10/h1-7,11,13H. The number of benzene rings is 1. The van der Waals surface area contributed by atoms with Gasteiger partial charge in [0.1, 0.15) is 6.10 Å². The molecule has 0 aliphatic carbocycles. The Morgan fingerprint density at radius 1 is 1.14 bits per heavy atom. The van der Waals surface area contributed by atoms with E-state index in [4.69, 9.17) is 0 Å². The lowest BCUT2D eigenvalue weighted by atomic mass is 10.1. The van der Waals surface area contributed by atoms with Crippen LogP contribution in [0.3, 0.4) is 0 Å². The van der Waals surface area contributed by atoms with E-state index in [0.717, 1.165) is 10.4 Å². The molecule has 1 unspecified atom stereocenters. The summed E-state index contributed by atoms with van der Waals surface area (Å²) in [6.45, 7) is 0. The summed E-state index contributed by atoms with van der Waals surface area (Å²) in [7, 11) is 0. The van der Waals surface area contributed by atoms with Crippen molar-refractivity contribution in [2.75, 3.05) is 0 Å². The van der Waals surface area contributed by atoms with Gasteiger partial charge in [-0.05, 0) is 51.7 Å². The van der Waals surface area contributed by atoms with Crippen LogP contribution in [0.5, 0.6) is 0 Å². The first-order valence-electron chi connectivity index (χ1n) is 4.24. The highest BCUT2D eigenvalue weighted by molar-refractivity contribution is 14.1. The van der Waals surface area contributed by atoms with Crippen LogP contribution in [0, 0.1) is 3.57 Å². The molecule has 3 heteroatoms. The number of thiophene rings is 1. The molecule has 0 saturated carbocycles. The van der Waals surface area contributed by atoms with Gasteiger partial charge in [0.2, 0.25) is 0 Å². The third kappa shape index (κ3) is 2.16. The largest absolute Gasteiger partial charge is 0.383 e. The third-order valence-corrected chi connectivity index (χ3v) is 3.64. The quantitative estimate of drug-likeness (QED) is 0.842. The Morgan fingerprint density at radius 3 is 2.43 bits per heavy atom. The number of aliphatic hydroxyl groups is 1. The van der Waals surface area contributed by atoms with Crippen LogP contribution in [0.2, 0.25) is 0 Å². The summed E-state index contributed by atoms with van der Waals surface area (Å²) in [5.74, 6) is 0. The molecule has 0 radical (unpaired) electrons. The van der Waals surface area contributed by atoms with Crippen molar-refractivity contribution in [3.05, 3.63) is 55.8 Å². The molecular formula is C11H9IOS. The summed E-state index contributed by atoms with van der Waals surface area (Å²) in [5, 5.41) is 12.0. The predicted molar refractivity (Wildman–Crippen MR) is 67.5 cm³/mol. The summed E-state index contributed by atoms with van der Waals surface area (Å²) in [5.41, 5.74) is 0.952. The van der Waals surface area contributed by atoms with Gasteiger partial charge in [0.05, 0.1) is 0 Å². The fourth-order valence-corrected chi connectivity index (χ4v) is 2.35. The van der Waals surface area contributed by atoms with Crippen LogP contribution in [0.4, 0.5) is 0 Å². The van der Waals surface area contributed by atoms with Crippen molar-refractivity contribution in [1.82, 2.24) is 0 Å². The van der Waals surface area contributed by atoms with Crippen LogP contribution < -0.4 is 0 Å². The second kappa shape index (κ2) is 4.42. The lowest BCUT2D eigenvalue weighted by Crippen LogP contribution is -1.96. The lowest BCUT2D eigenvalue weighted by molar-refractivity contribution is 0.224. The maximum Gasteiger partial charge on any atom is 0.113 e. The molecule has 1 nitrogen and oxygen atoms in total. The van der Waals surface area contributed by atoms with Gasteiger partial charge < -0.3 is 5.11 Å². The maximum atomic E-state index is 9.98. The van der Waals surface area contributed by atoms with Gasteiger partial charge in [-0.25, -0.2) is 0 Å². The summed E-state index contributed by atoms with van der Waals surface area (Å²) >= 11 is 3.83. The van der Waals surface area contributed by atoms with Crippen molar-refractivity contribution in [2.24, 2.45) is 0 Å². The molecule has 14 heavy (non-hydrogen) atoms. The maximum absolute atomic E-state index is 9.98. The smallest absolute Gasteiger partial charge is 0.113 e. The number of aliphatic hydroxyl groups excluding tert-OH is 1. The Hall–Kier alpha value is -0.390. The van der Waals surface area contributed by atoms with Crippen molar-refractivity contribution >= 4 is 33.9 Å². The third-order valence-electron chi connectivity index (χ3n) is 2.00. The molecule has 0 aliphatic rings. The number of rotatable bonds is 2. The van der Waals surface area contributed by atoms with E-state index in [1.807, 2.05) is 41.8 Å². The molecule has 0 saturated heterocycles. The molecule has 2 aromatic rings. The van der Waals surface area contributed by atoms with E-state index >= 15 is 0 Å². The zero-order valence-corrected chi connectivity index (χ0v) is 10.3. The van der Waals surface area contributed by atoms with E-state index < -0.39 is 6.10 Å². The minimum atomic E-state index is -0.480. The highest BCUT2D eigenvalue weighted by Crippen LogP contribution is 2.25. The average molecular weight is 316 g/mol. The van der Waals surface area contributed by atoms with E-state index in [-0.39, 0.29) is 0 Å². The Morgan fingerprint density at radius 2 is 1.86 bits per heavy atom. The van der Waals surface area contributed by atoms with E-state index in [1.54, 1.807) is 11.3 Å². The highest BCUT2D eigenvalue weighted by Gasteiger charge is 2.10. The monoisotopic (exact) mass is 316 g/mol. The molecule has 1 aromatic carbocycles. The van der Waals surface area contributed by atoms with Crippen LogP contribution in [-0.2, 0) is 0 Å². The molecule has 0 amide bonds. The zero-order chi connectivity index (χ0) is 9.97. The van der Waals surface area contributed by atoms with Gasteiger partial charge in [-0.1, -0.05) is 18.2 Å². The average Bonchev–Trinajstić information content (AvgIpc) is 2.71. The van der Waals surface area contributed by atoms with Crippen LogP contribution in [0.15, 0.2) is 41.8 Å². The second-order valence-corrected chi connectivity index (χ2v) is 5.19. The Kier molecular flexibility index (Phi) is 3.20. The first kappa shape index (κ1) is 10.1. The van der Waals surface area contributed by atoms with E-state index in [2.05, 4.69) is 22.6 Å². The molecule has 1 N–H and O–H groups in total. The topological polar surface area (TPSA) is 20.2 Å². The highest BCUT2D eigenvalue weighted by atomic mass is 127. The van der Waals surface area contributed by atoms with Crippen molar-refractivity contribution in [3.63, 3.8) is 0 Å². The van der Waals surface area contributed by atoms with E-state index in [9.17, 15) is 5.11 Å². The zero-order valence-electron chi connectivity index (χ0n) is 7.35. The Bertz CT molecular complexity index is 394. The van der Waals surface area contributed by atoms with Crippen LogP contribution in [-0.4, -0.2) is 5.11 Å². The minimum Gasteiger partial charge on any atom is -0.383 e. The summed E-state index contributed by atoms with van der Waals surface area (Å²) in [6.07, 6.45) is -0.480. The fourth-order valence-electron chi connectivity index (χ4n) is 1.26. The van der Waals surface area contributed by atoms with E-state index in [1.165, 1.54) is 3.57 Å². The SMILES string of the molecule is OC(c1ccc(I)cc1)c1cccs1.